The summed E-state index contributed by atoms with van der Waals surface area (Å²) in [5.41, 5.74) is 1.32. The fraction of sp³-hybridized carbons (Fsp3) is 0.769. The van der Waals surface area contributed by atoms with Gasteiger partial charge in [0, 0.05) is 23.9 Å². The second kappa shape index (κ2) is 5.94. The lowest BCUT2D eigenvalue weighted by molar-refractivity contribution is 0.253. The fourth-order valence-corrected chi connectivity index (χ4v) is 3.02. The summed E-state index contributed by atoms with van der Waals surface area (Å²) in [5, 5.41) is 6.91. The first-order chi connectivity index (χ1) is 8.15. The summed E-state index contributed by atoms with van der Waals surface area (Å²) in [6, 6.07) is 0.533. The van der Waals surface area contributed by atoms with E-state index in [-0.39, 0.29) is 0 Å². The lowest BCUT2D eigenvalue weighted by atomic mass is 9.95. The normalized spacial score (nSPS) is 19.1. The van der Waals surface area contributed by atoms with Gasteiger partial charge in [0.2, 0.25) is 0 Å². The van der Waals surface area contributed by atoms with E-state index in [2.05, 4.69) is 36.5 Å². The molecule has 1 aliphatic heterocycles. The summed E-state index contributed by atoms with van der Waals surface area (Å²) in [4.78, 5) is 7.18. The lowest BCUT2D eigenvalue weighted by Crippen LogP contribution is -2.29. The summed E-state index contributed by atoms with van der Waals surface area (Å²) < 4.78 is 0. The van der Waals surface area contributed by atoms with Crippen molar-refractivity contribution < 1.29 is 0 Å². The Labute approximate surface area is 108 Å². The van der Waals surface area contributed by atoms with Gasteiger partial charge >= 0.3 is 0 Å². The van der Waals surface area contributed by atoms with Crippen LogP contribution in [0, 0.1) is 0 Å². The summed E-state index contributed by atoms with van der Waals surface area (Å²) in [6.45, 7) is 7.68. The number of piperidine rings is 1. The van der Waals surface area contributed by atoms with Crippen molar-refractivity contribution in [1.82, 2.24) is 15.2 Å². The summed E-state index contributed by atoms with van der Waals surface area (Å²) in [6.07, 6.45) is 2.52. The van der Waals surface area contributed by atoms with Gasteiger partial charge < -0.3 is 10.2 Å². The Morgan fingerprint density at radius 3 is 2.82 bits per heavy atom. The quantitative estimate of drug-likeness (QED) is 0.893. The maximum absolute atomic E-state index is 4.77. The number of thiazole rings is 1. The van der Waals surface area contributed by atoms with Crippen LogP contribution in [0.5, 0.6) is 0 Å². The van der Waals surface area contributed by atoms with Crippen molar-refractivity contribution in [2.45, 2.75) is 45.2 Å². The maximum atomic E-state index is 4.77. The Hall–Kier alpha value is -0.450. The van der Waals surface area contributed by atoms with E-state index in [9.17, 15) is 0 Å². The second-order valence-corrected chi connectivity index (χ2v) is 6.22. The van der Waals surface area contributed by atoms with Crippen LogP contribution in [0.4, 0.5) is 0 Å². The standard InChI is InChI=1S/C13H23N3S/c1-10(2)14-8-13-15-12(9-17-13)11-4-6-16(3)7-5-11/h9-11,14H,4-8H2,1-3H3. The van der Waals surface area contributed by atoms with Crippen LogP contribution in [0.2, 0.25) is 0 Å². The molecule has 0 aromatic carbocycles. The van der Waals surface area contributed by atoms with Crippen molar-refractivity contribution >= 4 is 11.3 Å². The summed E-state index contributed by atoms with van der Waals surface area (Å²) in [7, 11) is 2.20. The molecule has 0 amide bonds. The average Bonchev–Trinajstić information content (AvgIpc) is 2.76. The minimum atomic E-state index is 0.533. The predicted octanol–water partition coefficient (Wildman–Crippen LogP) is 2.45. The van der Waals surface area contributed by atoms with Gasteiger partial charge in [-0.05, 0) is 33.0 Å². The van der Waals surface area contributed by atoms with Crippen molar-refractivity contribution in [2.75, 3.05) is 20.1 Å². The SMILES string of the molecule is CC(C)NCc1nc(C2CCN(C)CC2)cs1. The molecule has 2 heterocycles. The number of likely N-dealkylation sites (tertiary alicyclic amines) is 1. The topological polar surface area (TPSA) is 28.2 Å². The molecule has 17 heavy (non-hydrogen) atoms. The molecule has 3 nitrogen and oxygen atoms in total. The van der Waals surface area contributed by atoms with Crippen molar-refractivity contribution in [1.29, 1.82) is 0 Å². The third-order valence-electron chi connectivity index (χ3n) is 3.37. The molecule has 1 aromatic heterocycles. The molecule has 1 aliphatic rings. The van der Waals surface area contributed by atoms with Crippen LogP contribution in [0.3, 0.4) is 0 Å². The largest absolute Gasteiger partial charge is 0.308 e. The van der Waals surface area contributed by atoms with Crippen molar-refractivity contribution in [3.8, 4) is 0 Å². The van der Waals surface area contributed by atoms with E-state index in [4.69, 9.17) is 4.98 Å². The van der Waals surface area contributed by atoms with Crippen molar-refractivity contribution in [3.05, 3.63) is 16.1 Å². The molecule has 0 aliphatic carbocycles. The van der Waals surface area contributed by atoms with Gasteiger partial charge in [0.05, 0.1) is 5.69 Å². The van der Waals surface area contributed by atoms with Crippen LogP contribution >= 0.6 is 11.3 Å². The zero-order valence-electron chi connectivity index (χ0n) is 11.1. The molecule has 1 N–H and O–H groups in total. The number of nitrogens with one attached hydrogen (secondary N) is 1. The van der Waals surface area contributed by atoms with Crippen LogP contribution in [0.15, 0.2) is 5.38 Å². The first kappa shape index (κ1) is 13.0. The van der Waals surface area contributed by atoms with Gasteiger partial charge in [-0.2, -0.15) is 0 Å². The molecule has 0 atom stereocenters. The molecular formula is C13H23N3S. The van der Waals surface area contributed by atoms with Crippen LogP contribution in [0.1, 0.15) is 43.3 Å². The highest BCUT2D eigenvalue weighted by Crippen LogP contribution is 2.28. The average molecular weight is 253 g/mol. The number of nitrogens with zero attached hydrogens (tertiary/aromatic N) is 2. The second-order valence-electron chi connectivity index (χ2n) is 5.28. The highest BCUT2D eigenvalue weighted by atomic mass is 32.1. The molecule has 1 fully saturated rings. The van der Waals surface area contributed by atoms with Crippen molar-refractivity contribution in [3.63, 3.8) is 0 Å². The minimum Gasteiger partial charge on any atom is -0.308 e. The monoisotopic (exact) mass is 253 g/mol. The smallest absolute Gasteiger partial charge is 0.107 e. The Kier molecular flexibility index (Phi) is 4.54. The fourth-order valence-electron chi connectivity index (χ4n) is 2.19. The van der Waals surface area contributed by atoms with Crippen molar-refractivity contribution in [2.24, 2.45) is 0 Å². The number of hydrogen-bond acceptors (Lipinski definition) is 4. The van der Waals surface area contributed by atoms with Gasteiger partial charge in [0.1, 0.15) is 5.01 Å². The lowest BCUT2D eigenvalue weighted by Gasteiger charge is -2.27. The van der Waals surface area contributed by atoms with E-state index < -0.39 is 0 Å². The van der Waals surface area contributed by atoms with Gasteiger partial charge in [0.15, 0.2) is 0 Å². The Bertz CT molecular complexity index is 340. The van der Waals surface area contributed by atoms with E-state index in [0.717, 1.165) is 6.54 Å². The van der Waals surface area contributed by atoms with Crippen LogP contribution in [-0.4, -0.2) is 36.1 Å². The highest BCUT2D eigenvalue weighted by molar-refractivity contribution is 7.09. The molecule has 1 aromatic rings. The summed E-state index contributed by atoms with van der Waals surface area (Å²) in [5.74, 6) is 0.690. The van der Waals surface area contributed by atoms with E-state index in [1.807, 2.05) is 0 Å². The molecule has 4 heteroatoms. The molecule has 96 valence electrons. The summed E-state index contributed by atoms with van der Waals surface area (Å²) >= 11 is 1.80. The Morgan fingerprint density at radius 2 is 2.18 bits per heavy atom. The predicted molar refractivity (Wildman–Crippen MR) is 73.6 cm³/mol. The van der Waals surface area contributed by atoms with Crippen LogP contribution in [-0.2, 0) is 6.54 Å². The van der Waals surface area contributed by atoms with E-state index in [0.29, 0.717) is 12.0 Å². The third kappa shape index (κ3) is 3.76. The van der Waals surface area contributed by atoms with Gasteiger partial charge in [-0.15, -0.1) is 11.3 Å². The molecule has 2 rings (SSSR count). The number of rotatable bonds is 4. The van der Waals surface area contributed by atoms with Gasteiger partial charge in [-0.3, -0.25) is 0 Å². The maximum Gasteiger partial charge on any atom is 0.107 e. The zero-order valence-corrected chi connectivity index (χ0v) is 11.9. The Morgan fingerprint density at radius 1 is 1.47 bits per heavy atom. The van der Waals surface area contributed by atoms with E-state index in [1.165, 1.54) is 36.6 Å². The third-order valence-corrected chi connectivity index (χ3v) is 4.23. The zero-order chi connectivity index (χ0) is 12.3. The first-order valence-electron chi connectivity index (χ1n) is 6.51. The Balaban J connectivity index is 1.89. The van der Waals surface area contributed by atoms with E-state index in [1.54, 1.807) is 11.3 Å². The molecular weight excluding hydrogens is 230 g/mol. The first-order valence-corrected chi connectivity index (χ1v) is 7.39. The molecule has 0 saturated carbocycles. The molecule has 0 unspecified atom stereocenters. The molecule has 0 bridgehead atoms. The molecule has 1 saturated heterocycles. The van der Waals surface area contributed by atoms with Gasteiger partial charge in [-0.1, -0.05) is 13.8 Å². The number of aromatic nitrogens is 1. The van der Waals surface area contributed by atoms with Crippen LogP contribution in [0.25, 0.3) is 0 Å². The van der Waals surface area contributed by atoms with Gasteiger partial charge in [-0.25, -0.2) is 4.98 Å². The molecule has 0 spiro atoms. The highest BCUT2D eigenvalue weighted by Gasteiger charge is 2.20. The number of hydrogen-bond donors (Lipinski definition) is 1. The molecule has 0 radical (unpaired) electrons. The van der Waals surface area contributed by atoms with E-state index >= 15 is 0 Å². The minimum absolute atomic E-state index is 0.533. The van der Waals surface area contributed by atoms with Crippen LogP contribution < -0.4 is 5.32 Å². The van der Waals surface area contributed by atoms with Gasteiger partial charge in [0.25, 0.3) is 0 Å².